The van der Waals surface area contributed by atoms with Crippen LogP contribution in [0, 0.1) is 3.57 Å². The van der Waals surface area contributed by atoms with Crippen molar-refractivity contribution in [1.82, 2.24) is 0 Å². The monoisotopic (exact) mass is 388 g/mol. The fraction of sp³-hybridized carbons (Fsp3) is 0. The third-order valence-corrected chi connectivity index (χ3v) is 3.97. The number of hydrogen-bond acceptors (Lipinski definition) is 1. The molecule has 5 heteroatoms. The first-order valence-electron chi connectivity index (χ1n) is 4.53. The fourth-order valence-electron chi connectivity index (χ4n) is 1.47. The number of benzene rings is 2. The molecule has 0 unspecified atom stereocenters. The summed E-state index contributed by atoms with van der Waals surface area (Å²) in [4.78, 5) is 0. The Hall–Kier alpha value is 0.550. The zero-order valence-corrected chi connectivity index (χ0v) is 14.7. The molecule has 0 aliphatic rings. The predicted molar refractivity (Wildman–Crippen MR) is 77.4 cm³/mol. The molecule has 0 spiro atoms. The van der Waals surface area contributed by atoms with Crippen molar-refractivity contribution in [2.45, 2.75) is 0 Å². The molecule has 0 fully saturated rings. The molecule has 2 aromatic rings. The Balaban J connectivity index is 0.00000144. The van der Waals surface area contributed by atoms with Crippen molar-refractivity contribution in [1.29, 1.82) is 0 Å². The van der Waals surface area contributed by atoms with E-state index in [-0.39, 0.29) is 36.7 Å². The minimum atomic E-state index is 0. The summed E-state index contributed by atoms with van der Waals surface area (Å²) in [7, 11) is 0. The van der Waals surface area contributed by atoms with Gasteiger partial charge in [-0.3, -0.25) is 0 Å². The molecule has 17 heavy (non-hydrogen) atoms. The maximum absolute atomic E-state index is 9.65. The molecular formula is C12H8Cl2INaO. The Kier molecular flexibility index (Phi) is 6.10. The van der Waals surface area contributed by atoms with Gasteiger partial charge < -0.3 is 6.53 Å². The van der Waals surface area contributed by atoms with E-state index in [1.165, 1.54) is 0 Å². The number of aromatic hydroxyl groups is 1. The second kappa shape index (κ2) is 6.64. The van der Waals surface area contributed by atoms with E-state index in [0.717, 1.165) is 14.7 Å². The Morgan fingerprint density at radius 3 is 2.12 bits per heavy atom. The second-order valence-electron chi connectivity index (χ2n) is 3.24. The molecule has 0 saturated heterocycles. The molecular weight excluding hydrogens is 381 g/mol. The third kappa shape index (κ3) is 3.31. The van der Waals surface area contributed by atoms with Gasteiger partial charge in [-0.2, -0.15) is 0 Å². The first kappa shape index (κ1) is 15.6. The van der Waals surface area contributed by atoms with Crippen LogP contribution < -0.4 is 29.6 Å². The topological polar surface area (TPSA) is 20.2 Å². The Morgan fingerprint density at radius 2 is 1.53 bits per heavy atom. The van der Waals surface area contributed by atoms with Gasteiger partial charge in [0.2, 0.25) is 0 Å². The van der Waals surface area contributed by atoms with Crippen LogP contribution in [0.25, 0.3) is 11.1 Å². The van der Waals surface area contributed by atoms with Crippen LogP contribution in [-0.2, 0) is 0 Å². The molecule has 2 aromatic carbocycles. The van der Waals surface area contributed by atoms with Crippen molar-refractivity contribution < 1.29 is 36.1 Å². The van der Waals surface area contributed by atoms with E-state index in [0.29, 0.717) is 10.0 Å². The van der Waals surface area contributed by atoms with Crippen molar-refractivity contribution in [3.63, 3.8) is 0 Å². The molecule has 0 atom stereocenters. The van der Waals surface area contributed by atoms with Crippen LogP contribution in [0.15, 0.2) is 36.4 Å². The van der Waals surface area contributed by atoms with Crippen molar-refractivity contribution in [2.75, 3.05) is 0 Å². The predicted octanol–water partition coefficient (Wildman–Crippen LogP) is 2.09. The number of rotatable bonds is 1. The van der Waals surface area contributed by atoms with Crippen LogP contribution in [0.3, 0.4) is 0 Å². The summed E-state index contributed by atoms with van der Waals surface area (Å²) in [5.74, 6) is 0.231. The molecule has 0 saturated carbocycles. The molecule has 0 radical (unpaired) electrons. The molecule has 84 valence electrons. The summed E-state index contributed by atoms with van der Waals surface area (Å²) < 4.78 is 0.745. The van der Waals surface area contributed by atoms with Gasteiger partial charge in [0.1, 0.15) is 5.75 Å². The van der Waals surface area contributed by atoms with E-state index < -0.39 is 0 Å². The van der Waals surface area contributed by atoms with E-state index in [1.807, 2.05) is 6.07 Å². The maximum Gasteiger partial charge on any atom is 1.00 e. The average Bonchev–Trinajstić information content (AvgIpc) is 2.24. The first-order chi connectivity index (χ1) is 7.61. The van der Waals surface area contributed by atoms with E-state index in [2.05, 4.69) is 22.6 Å². The van der Waals surface area contributed by atoms with Gasteiger partial charge in [0.05, 0.1) is 3.57 Å². The van der Waals surface area contributed by atoms with E-state index >= 15 is 0 Å². The maximum atomic E-state index is 9.65. The van der Waals surface area contributed by atoms with Gasteiger partial charge in [-0.25, -0.2) is 0 Å². The van der Waals surface area contributed by atoms with Gasteiger partial charge in [-0.05, 0) is 40.8 Å². The standard InChI is InChI=1S/C12H7Cl2IO.Na.H/c13-8-4-2-5-9(14)11(8)7-3-1-6-10(16)12(7)15;;/h1-6,16H;;/q;+1;-1. The van der Waals surface area contributed by atoms with Gasteiger partial charge in [0, 0.05) is 21.2 Å². The molecule has 0 aromatic heterocycles. The number of phenols is 1. The van der Waals surface area contributed by atoms with Crippen molar-refractivity contribution in [3.05, 3.63) is 50.0 Å². The quantitative estimate of drug-likeness (QED) is 0.586. The summed E-state index contributed by atoms with van der Waals surface area (Å²) in [6.07, 6.45) is 0. The Morgan fingerprint density at radius 1 is 1.00 bits per heavy atom. The van der Waals surface area contributed by atoms with E-state index in [1.54, 1.807) is 30.3 Å². The fourth-order valence-corrected chi connectivity index (χ4v) is 2.70. The molecule has 0 amide bonds. The summed E-state index contributed by atoms with van der Waals surface area (Å²) in [5, 5.41) is 10.8. The third-order valence-electron chi connectivity index (χ3n) is 2.21. The first-order valence-corrected chi connectivity index (χ1v) is 6.36. The van der Waals surface area contributed by atoms with Gasteiger partial charge >= 0.3 is 29.6 Å². The zero-order valence-electron chi connectivity index (χ0n) is 10.0. The summed E-state index contributed by atoms with van der Waals surface area (Å²) in [5.41, 5.74) is 1.60. The molecule has 0 bridgehead atoms. The number of hydrogen-bond donors (Lipinski definition) is 1. The molecule has 1 nitrogen and oxygen atoms in total. The van der Waals surface area contributed by atoms with E-state index in [9.17, 15) is 5.11 Å². The molecule has 2 rings (SSSR count). The van der Waals surface area contributed by atoms with E-state index in [4.69, 9.17) is 23.2 Å². The molecule has 0 aliphatic heterocycles. The summed E-state index contributed by atoms with van der Waals surface area (Å²) in [6.45, 7) is 0. The smallest absolute Gasteiger partial charge is 1.00 e. The van der Waals surface area contributed by atoms with Crippen molar-refractivity contribution >= 4 is 45.8 Å². The van der Waals surface area contributed by atoms with Crippen LogP contribution in [0.5, 0.6) is 5.75 Å². The van der Waals surface area contributed by atoms with Crippen molar-refractivity contribution in [3.8, 4) is 16.9 Å². The molecule has 0 aliphatic carbocycles. The van der Waals surface area contributed by atoms with Gasteiger partial charge in [-0.15, -0.1) is 0 Å². The SMILES string of the molecule is Oc1cccc(-c2c(Cl)cccc2Cl)c1I.[H-].[Na+]. The van der Waals surface area contributed by atoms with Crippen LogP contribution in [0.4, 0.5) is 0 Å². The summed E-state index contributed by atoms with van der Waals surface area (Å²) >= 11 is 14.3. The number of phenolic OH excluding ortho intramolecular Hbond substituents is 1. The average molecular weight is 389 g/mol. The minimum absolute atomic E-state index is 0. The molecule has 0 heterocycles. The second-order valence-corrected chi connectivity index (χ2v) is 5.13. The van der Waals surface area contributed by atoms with Gasteiger partial charge in [-0.1, -0.05) is 41.4 Å². The Bertz CT molecular complexity index is 531. The van der Waals surface area contributed by atoms with Crippen LogP contribution in [0.1, 0.15) is 1.43 Å². The zero-order chi connectivity index (χ0) is 11.7. The van der Waals surface area contributed by atoms with Crippen LogP contribution >= 0.6 is 45.8 Å². The van der Waals surface area contributed by atoms with Crippen LogP contribution in [-0.4, -0.2) is 5.11 Å². The Labute approximate surface area is 147 Å². The molecule has 1 N–H and O–H groups in total. The number of halogens is 3. The largest absolute Gasteiger partial charge is 1.00 e. The van der Waals surface area contributed by atoms with Gasteiger partial charge in [0.25, 0.3) is 0 Å². The summed E-state index contributed by atoms with van der Waals surface area (Å²) in [6, 6.07) is 10.6. The van der Waals surface area contributed by atoms with Crippen LogP contribution in [0.2, 0.25) is 10.0 Å². The minimum Gasteiger partial charge on any atom is -1.00 e. The van der Waals surface area contributed by atoms with Gasteiger partial charge in [0.15, 0.2) is 0 Å². The normalized spacial score (nSPS) is 9.82. The van der Waals surface area contributed by atoms with Crippen molar-refractivity contribution in [2.24, 2.45) is 0 Å².